The van der Waals surface area contributed by atoms with Gasteiger partial charge in [-0.25, -0.2) is 14.4 Å². The van der Waals surface area contributed by atoms with E-state index in [2.05, 4.69) is 26.8 Å². The second kappa shape index (κ2) is 15.6. The van der Waals surface area contributed by atoms with Crippen LogP contribution in [-0.2, 0) is 30.4 Å². The number of rotatable bonds is 13. The van der Waals surface area contributed by atoms with E-state index in [9.17, 15) is 14.4 Å². The van der Waals surface area contributed by atoms with E-state index in [1.165, 1.54) is 11.9 Å². The molecule has 0 saturated heterocycles. The SMILES string of the molecule is CC=CC(C[C@@H](OC(=O)[C@H](CC(C)C)N(C)C(=O)OC(C)(C)C)C(=O)OCc1ccccc1)[C@@H](C)C(C)C. The molecule has 1 aromatic carbocycles. The van der Waals surface area contributed by atoms with E-state index < -0.39 is 35.8 Å². The zero-order valence-corrected chi connectivity index (χ0v) is 25.0. The Bertz CT molecular complexity index is 903. The minimum atomic E-state index is -1.12. The van der Waals surface area contributed by atoms with Crippen LogP contribution < -0.4 is 0 Å². The number of likely N-dealkylation sites (N-methyl/N-ethyl adjacent to an activating group) is 1. The van der Waals surface area contributed by atoms with Crippen molar-refractivity contribution in [2.45, 2.75) is 99.5 Å². The Morgan fingerprint density at radius 3 is 2.05 bits per heavy atom. The fourth-order valence-corrected chi connectivity index (χ4v) is 4.01. The molecule has 214 valence electrons. The molecule has 1 unspecified atom stereocenters. The molecule has 0 aromatic heterocycles. The number of ether oxygens (including phenoxy) is 3. The van der Waals surface area contributed by atoms with Crippen LogP contribution in [0.3, 0.4) is 0 Å². The van der Waals surface area contributed by atoms with Crippen molar-refractivity contribution in [1.82, 2.24) is 4.90 Å². The molecule has 0 aliphatic rings. The minimum absolute atomic E-state index is 0.00536. The molecule has 0 spiro atoms. The molecule has 0 aliphatic carbocycles. The van der Waals surface area contributed by atoms with Gasteiger partial charge in [0.05, 0.1) is 0 Å². The molecule has 1 rings (SSSR count). The number of nitrogens with zero attached hydrogens (tertiary/aromatic N) is 1. The lowest BCUT2D eigenvalue weighted by atomic mass is 9.81. The third-order valence-electron chi connectivity index (χ3n) is 6.51. The van der Waals surface area contributed by atoms with Crippen molar-refractivity contribution in [2.24, 2.45) is 23.7 Å². The number of carbonyl (C=O) groups excluding carboxylic acids is 3. The predicted octanol–water partition coefficient (Wildman–Crippen LogP) is 6.80. The fourth-order valence-electron chi connectivity index (χ4n) is 4.01. The van der Waals surface area contributed by atoms with Crippen LogP contribution >= 0.6 is 0 Å². The summed E-state index contributed by atoms with van der Waals surface area (Å²) in [5.41, 5.74) is 0.127. The van der Waals surface area contributed by atoms with Gasteiger partial charge in [-0.1, -0.05) is 77.1 Å². The fraction of sp³-hybridized carbons (Fsp3) is 0.645. The highest BCUT2D eigenvalue weighted by molar-refractivity contribution is 5.84. The average molecular weight is 532 g/mol. The van der Waals surface area contributed by atoms with Crippen molar-refractivity contribution in [3.05, 3.63) is 48.0 Å². The summed E-state index contributed by atoms with van der Waals surface area (Å²) in [5.74, 6) is -0.557. The molecule has 7 nitrogen and oxygen atoms in total. The molecule has 1 aromatic rings. The van der Waals surface area contributed by atoms with E-state index in [1.54, 1.807) is 20.8 Å². The first-order chi connectivity index (χ1) is 17.7. The van der Waals surface area contributed by atoms with Gasteiger partial charge in [0.15, 0.2) is 6.10 Å². The third-order valence-corrected chi connectivity index (χ3v) is 6.51. The number of esters is 2. The summed E-state index contributed by atoms with van der Waals surface area (Å²) >= 11 is 0. The van der Waals surface area contributed by atoms with Gasteiger partial charge in [0.1, 0.15) is 18.2 Å². The molecular weight excluding hydrogens is 482 g/mol. The van der Waals surface area contributed by atoms with Crippen molar-refractivity contribution < 1.29 is 28.6 Å². The lowest BCUT2D eigenvalue weighted by molar-refractivity contribution is -0.173. The van der Waals surface area contributed by atoms with E-state index in [-0.39, 0.29) is 30.8 Å². The standard InChI is InChI=1S/C31H49NO6/c1-11-15-25(23(6)22(4)5)19-27(29(34)36-20-24-16-13-12-14-17-24)37-28(33)26(18-21(2)3)32(10)30(35)38-31(7,8)9/h11-17,21-23,25-27H,18-20H2,1-10H3/t23-,25?,26-,27+/m0/s1. The molecule has 0 radical (unpaired) electrons. The van der Waals surface area contributed by atoms with Crippen LogP contribution in [-0.4, -0.2) is 47.7 Å². The Hall–Kier alpha value is -2.83. The minimum Gasteiger partial charge on any atom is -0.458 e. The van der Waals surface area contributed by atoms with Crippen molar-refractivity contribution >= 4 is 18.0 Å². The van der Waals surface area contributed by atoms with Gasteiger partial charge in [-0.05, 0) is 63.4 Å². The largest absolute Gasteiger partial charge is 0.458 e. The summed E-state index contributed by atoms with van der Waals surface area (Å²) in [7, 11) is 1.52. The second-order valence-corrected chi connectivity index (χ2v) is 11.8. The number of carbonyl (C=O) groups is 3. The maximum Gasteiger partial charge on any atom is 0.410 e. The lowest BCUT2D eigenvalue weighted by Crippen LogP contribution is -2.48. The van der Waals surface area contributed by atoms with Crippen molar-refractivity contribution in [3.63, 3.8) is 0 Å². The molecule has 0 bridgehead atoms. The van der Waals surface area contributed by atoms with E-state index in [1.807, 2.05) is 57.2 Å². The van der Waals surface area contributed by atoms with E-state index in [0.717, 1.165) is 5.56 Å². The number of amides is 1. The van der Waals surface area contributed by atoms with Crippen LogP contribution in [0.5, 0.6) is 0 Å². The van der Waals surface area contributed by atoms with Gasteiger partial charge in [0.25, 0.3) is 0 Å². The molecule has 1 amide bonds. The first-order valence-electron chi connectivity index (χ1n) is 13.7. The van der Waals surface area contributed by atoms with Crippen LogP contribution in [0.2, 0.25) is 0 Å². The van der Waals surface area contributed by atoms with E-state index in [4.69, 9.17) is 14.2 Å². The van der Waals surface area contributed by atoms with Crippen molar-refractivity contribution in [2.75, 3.05) is 7.05 Å². The van der Waals surface area contributed by atoms with Gasteiger partial charge < -0.3 is 14.2 Å². The summed E-state index contributed by atoms with van der Waals surface area (Å²) in [4.78, 5) is 40.9. The van der Waals surface area contributed by atoms with Gasteiger partial charge >= 0.3 is 18.0 Å². The Balaban J connectivity index is 3.23. The molecule has 38 heavy (non-hydrogen) atoms. The zero-order valence-electron chi connectivity index (χ0n) is 25.0. The highest BCUT2D eigenvalue weighted by Crippen LogP contribution is 2.28. The predicted molar refractivity (Wildman–Crippen MR) is 150 cm³/mol. The lowest BCUT2D eigenvalue weighted by Gasteiger charge is -2.32. The van der Waals surface area contributed by atoms with Crippen molar-refractivity contribution in [3.8, 4) is 0 Å². The quantitative estimate of drug-likeness (QED) is 0.158. The molecule has 0 saturated carbocycles. The summed E-state index contributed by atoms with van der Waals surface area (Å²) in [6, 6.07) is 8.46. The monoisotopic (exact) mass is 531 g/mol. The number of hydrogen-bond donors (Lipinski definition) is 0. The Morgan fingerprint density at radius 2 is 1.55 bits per heavy atom. The van der Waals surface area contributed by atoms with Gasteiger partial charge in [0, 0.05) is 13.5 Å². The van der Waals surface area contributed by atoms with Crippen LogP contribution in [0.4, 0.5) is 4.79 Å². The second-order valence-electron chi connectivity index (χ2n) is 11.8. The molecule has 0 heterocycles. The van der Waals surface area contributed by atoms with Gasteiger partial charge in [-0.15, -0.1) is 0 Å². The molecular formula is C31H49NO6. The van der Waals surface area contributed by atoms with E-state index >= 15 is 0 Å². The van der Waals surface area contributed by atoms with Gasteiger partial charge in [-0.3, -0.25) is 4.90 Å². The Morgan fingerprint density at radius 1 is 0.947 bits per heavy atom. The van der Waals surface area contributed by atoms with Crippen LogP contribution in [0, 0.1) is 23.7 Å². The molecule has 0 aliphatic heterocycles. The number of allylic oxidation sites excluding steroid dienone is 2. The molecule has 7 heteroatoms. The number of benzene rings is 1. The Labute approximate surface area is 229 Å². The molecule has 4 atom stereocenters. The molecule has 0 fully saturated rings. The summed E-state index contributed by atoms with van der Waals surface area (Å²) in [6.07, 6.45) is 2.91. The van der Waals surface area contributed by atoms with Crippen LogP contribution in [0.15, 0.2) is 42.5 Å². The van der Waals surface area contributed by atoms with Gasteiger partial charge in [0.2, 0.25) is 0 Å². The zero-order chi connectivity index (χ0) is 29.0. The highest BCUT2D eigenvalue weighted by Gasteiger charge is 2.36. The topological polar surface area (TPSA) is 82.1 Å². The summed E-state index contributed by atoms with van der Waals surface area (Å²) in [5, 5.41) is 0. The first-order valence-corrected chi connectivity index (χ1v) is 13.7. The average Bonchev–Trinajstić information content (AvgIpc) is 2.83. The smallest absolute Gasteiger partial charge is 0.410 e. The van der Waals surface area contributed by atoms with Crippen molar-refractivity contribution in [1.29, 1.82) is 0 Å². The highest BCUT2D eigenvalue weighted by atomic mass is 16.6. The third kappa shape index (κ3) is 11.7. The Kier molecular flexibility index (Phi) is 13.6. The first kappa shape index (κ1) is 33.2. The van der Waals surface area contributed by atoms with Crippen LogP contribution in [0.25, 0.3) is 0 Å². The summed E-state index contributed by atoms with van der Waals surface area (Å²) in [6.45, 7) is 17.6. The van der Waals surface area contributed by atoms with E-state index in [0.29, 0.717) is 12.3 Å². The van der Waals surface area contributed by atoms with Gasteiger partial charge in [-0.2, -0.15) is 0 Å². The normalized spacial score (nSPS) is 15.2. The number of hydrogen-bond acceptors (Lipinski definition) is 6. The maximum absolute atomic E-state index is 13.5. The summed E-state index contributed by atoms with van der Waals surface area (Å²) < 4.78 is 17.0. The van der Waals surface area contributed by atoms with Crippen LogP contribution in [0.1, 0.15) is 80.7 Å². The maximum atomic E-state index is 13.5. The molecule has 0 N–H and O–H groups in total.